The summed E-state index contributed by atoms with van der Waals surface area (Å²) in [7, 11) is 0. The smallest absolute Gasteiger partial charge is 0.257 e. The van der Waals surface area contributed by atoms with Gasteiger partial charge in [0.15, 0.2) is 0 Å². The van der Waals surface area contributed by atoms with Crippen LogP contribution >= 0.6 is 0 Å². The van der Waals surface area contributed by atoms with Crippen molar-refractivity contribution in [1.29, 1.82) is 0 Å². The third-order valence-corrected chi connectivity index (χ3v) is 6.00. The second-order valence-electron chi connectivity index (χ2n) is 8.21. The van der Waals surface area contributed by atoms with E-state index in [1.165, 1.54) is 11.8 Å². The van der Waals surface area contributed by atoms with Crippen LogP contribution in [0.25, 0.3) is 0 Å². The summed E-state index contributed by atoms with van der Waals surface area (Å²) in [5, 5.41) is 8.91. The van der Waals surface area contributed by atoms with Crippen LogP contribution in [0, 0.1) is 0 Å². The first-order valence-electron chi connectivity index (χ1n) is 11.3. The summed E-state index contributed by atoms with van der Waals surface area (Å²) in [6, 6.07) is 11.3. The molecule has 9 heteroatoms. The molecule has 4 heterocycles. The number of para-hydroxylation sites is 1. The van der Waals surface area contributed by atoms with E-state index >= 15 is 0 Å². The van der Waals surface area contributed by atoms with Gasteiger partial charge in [0.1, 0.15) is 23.2 Å². The quantitative estimate of drug-likeness (QED) is 0.534. The molecule has 3 N–H and O–H groups in total. The first-order valence-corrected chi connectivity index (χ1v) is 11.3. The zero-order valence-corrected chi connectivity index (χ0v) is 18.2. The van der Waals surface area contributed by atoms with E-state index < -0.39 is 6.04 Å². The zero-order valence-electron chi connectivity index (χ0n) is 18.2. The first kappa shape index (κ1) is 21.0. The average Bonchev–Trinajstić information content (AvgIpc) is 3.47. The van der Waals surface area contributed by atoms with Gasteiger partial charge in [-0.1, -0.05) is 18.2 Å². The normalized spacial score (nSPS) is 17.8. The predicted molar refractivity (Wildman–Crippen MR) is 123 cm³/mol. The van der Waals surface area contributed by atoms with Crippen LogP contribution in [0.15, 0.2) is 53.3 Å². The number of nitrogens with one attached hydrogen (secondary N) is 3. The Balaban J connectivity index is 1.42. The van der Waals surface area contributed by atoms with E-state index in [0.29, 0.717) is 31.3 Å². The molecule has 2 aromatic heterocycles. The Morgan fingerprint density at radius 1 is 1.21 bits per heavy atom. The van der Waals surface area contributed by atoms with E-state index in [4.69, 9.17) is 9.40 Å². The van der Waals surface area contributed by atoms with Crippen LogP contribution in [-0.4, -0.2) is 40.9 Å². The lowest BCUT2D eigenvalue weighted by Crippen LogP contribution is -2.45. The Hall–Kier alpha value is -3.88. The summed E-state index contributed by atoms with van der Waals surface area (Å²) in [5.41, 5.74) is 2.60. The van der Waals surface area contributed by atoms with Crippen molar-refractivity contribution in [3.8, 4) is 0 Å². The number of anilines is 3. The number of carbonyl (C=O) groups excluding carboxylic acids is 2. The Morgan fingerprint density at radius 2 is 2.12 bits per heavy atom. The fraction of sp³-hybridized carbons (Fsp3) is 0.333. The molecule has 1 fully saturated rings. The minimum Gasteiger partial charge on any atom is -0.467 e. The van der Waals surface area contributed by atoms with Crippen LogP contribution in [-0.2, 0) is 17.8 Å². The van der Waals surface area contributed by atoms with Crippen LogP contribution < -0.4 is 20.9 Å². The number of carbonyl (C=O) groups is 2. The molecule has 0 bridgehead atoms. The van der Waals surface area contributed by atoms with Crippen molar-refractivity contribution in [2.45, 2.75) is 38.3 Å². The number of hydrogen-bond donors (Lipinski definition) is 3. The highest BCUT2D eigenvalue weighted by Crippen LogP contribution is 2.33. The van der Waals surface area contributed by atoms with Gasteiger partial charge in [-0.25, -0.2) is 4.98 Å². The van der Waals surface area contributed by atoms with E-state index in [1.54, 1.807) is 6.26 Å². The lowest BCUT2D eigenvalue weighted by Gasteiger charge is -2.20. The SMILES string of the molecule is O=C(NC1CCCCNC1=O)c1cnc(N2CCc3ccccc32)nc1NCc1ccco1. The van der Waals surface area contributed by atoms with Gasteiger partial charge >= 0.3 is 0 Å². The van der Waals surface area contributed by atoms with Crippen LogP contribution in [0.4, 0.5) is 17.5 Å². The third-order valence-electron chi connectivity index (χ3n) is 6.00. The molecular formula is C24H26N6O3. The molecule has 33 heavy (non-hydrogen) atoms. The molecule has 2 amide bonds. The number of furan rings is 1. The van der Waals surface area contributed by atoms with Gasteiger partial charge in [-0.05, 0) is 49.4 Å². The number of benzene rings is 1. The second-order valence-corrected chi connectivity index (χ2v) is 8.21. The van der Waals surface area contributed by atoms with Crippen molar-refractivity contribution in [2.24, 2.45) is 0 Å². The van der Waals surface area contributed by atoms with Gasteiger partial charge in [0.25, 0.3) is 5.91 Å². The Labute approximate surface area is 191 Å². The van der Waals surface area contributed by atoms with E-state index in [9.17, 15) is 9.59 Å². The Morgan fingerprint density at radius 3 is 3.00 bits per heavy atom. The maximum Gasteiger partial charge on any atom is 0.257 e. The van der Waals surface area contributed by atoms with Gasteiger partial charge in [0.05, 0.1) is 12.8 Å². The molecule has 1 aromatic carbocycles. The summed E-state index contributed by atoms with van der Waals surface area (Å²) in [4.78, 5) is 36.7. The summed E-state index contributed by atoms with van der Waals surface area (Å²) in [5.74, 6) is 1.10. The topological polar surface area (TPSA) is 112 Å². The number of nitrogens with zero attached hydrogens (tertiary/aromatic N) is 3. The number of fused-ring (bicyclic) bond motifs is 1. The van der Waals surface area contributed by atoms with Crippen molar-refractivity contribution in [3.05, 3.63) is 65.7 Å². The molecule has 0 saturated carbocycles. The fourth-order valence-electron chi connectivity index (χ4n) is 4.25. The average molecular weight is 447 g/mol. The zero-order chi connectivity index (χ0) is 22.6. The fourth-order valence-corrected chi connectivity index (χ4v) is 4.25. The molecule has 3 aromatic rings. The van der Waals surface area contributed by atoms with Gasteiger partial charge in [0, 0.05) is 25.0 Å². The summed E-state index contributed by atoms with van der Waals surface area (Å²) >= 11 is 0. The monoisotopic (exact) mass is 446 g/mol. The predicted octanol–water partition coefficient (Wildman–Crippen LogP) is 2.77. The van der Waals surface area contributed by atoms with E-state index in [-0.39, 0.29) is 17.4 Å². The minimum atomic E-state index is -0.567. The van der Waals surface area contributed by atoms with E-state index in [1.807, 2.05) is 35.2 Å². The molecule has 0 aliphatic carbocycles. The van der Waals surface area contributed by atoms with Crippen molar-refractivity contribution < 1.29 is 14.0 Å². The van der Waals surface area contributed by atoms with Crippen molar-refractivity contribution in [3.63, 3.8) is 0 Å². The first-order chi connectivity index (χ1) is 16.2. The number of amides is 2. The third kappa shape index (κ3) is 4.52. The molecule has 0 radical (unpaired) electrons. The molecule has 2 aliphatic rings. The number of hydrogen-bond acceptors (Lipinski definition) is 7. The molecule has 0 spiro atoms. The summed E-state index contributed by atoms with van der Waals surface area (Å²) in [6.45, 7) is 1.77. The highest BCUT2D eigenvalue weighted by atomic mass is 16.3. The Bertz CT molecular complexity index is 1150. The van der Waals surface area contributed by atoms with Gasteiger partial charge < -0.3 is 25.3 Å². The van der Waals surface area contributed by atoms with Crippen molar-refractivity contribution >= 4 is 29.3 Å². The minimum absolute atomic E-state index is 0.155. The largest absolute Gasteiger partial charge is 0.467 e. The maximum atomic E-state index is 13.1. The van der Waals surface area contributed by atoms with Crippen LogP contribution in [0.1, 0.15) is 40.9 Å². The van der Waals surface area contributed by atoms with E-state index in [2.05, 4.69) is 27.0 Å². The van der Waals surface area contributed by atoms with Crippen LogP contribution in [0.2, 0.25) is 0 Å². The number of rotatable bonds is 6. The lowest BCUT2D eigenvalue weighted by molar-refractivity contribution is -0.122. The molecule has 5 rings (SSSR count). The molecular weight excluding hydrogens is 420 g/mol. The summed E-state index contributed by atoms with van der Waals surface area (Å²) in [6.07, 6.45) is 6.42. The second kappa shape index (κ2) is 9.32. The van der Waals surface area contributed by atoms with E-state index in [0.717, 1.165) is 37.3 Å². The molecule has 1 unspecified atom stereocenters. The van der Waals surface area contributed by atoms with Gasteiger partial charge in [0.2, 0.25) is 11.9 Å². The van der Waals surface area contributed by atoms with Crippen LogP contribution in [0.3, 0.4) is 0 Å². The molecule has 1 atom stereocenters. The molecule has 2 aliphatic heterocycles. The lowest BCUT2D eigenvalue weighted by atomic mass is 10.1. The van der Waals surface area contributed by atoms with Crippen LogP contribution in [0.5, 0.6) is 0 Å². The highest BCUT2D eigenvalue weighted by molar-refractivity contribution is 6.01. The Kier molecular flexibility index (Phi) is 5.93. The highest BCUT2D eigenvalue weighted by Gasteiger charge is 2.27. The van der Waals surface area contributed by atoms with Crippen molar-refractivity contribution in [1.82, 2.24) is 20.6 Å². The standard InChI is InChI=1S/C24H26N6O3/c31-22(28-19-8-3-4-11-25-23(19)32)18-15-27-24(29-21(18)26-14-17-7-5-13-33-17)30-12-10-16-6-1-2-9-20(16)30/h1-2,5-7,9,13,15,19H,3-4,8,10-12,14H2,(H,25,32)(H,28,31)(H,26,27,29). The number of aromatic nitrogens is 2. The maximum absolute atomic E-state index is 13.1. The van der Waals surface area contributed by atoms with Gasteiger partial charge in [-0.15, -0.1) is 0 Å². The molecule has 1 saturated heterocycles. The van der Waals surface area contributed by atoms with Gasteiger partial charge in [-0.3, -0.25) is 9.59 Å². The summed E-state index contributed by atoms with van der Waals surface area (Å²) < 4.78 is 5.41. The molecule has 9 nitrogen and oxygen atoms in total. The molecule has 170 valence electrons. The van der Waals surface area contributed by atoms with Crippen molar-refractivity contribution in [2.75, 3.05) is 23.3 Å². The van der Waals surface area contributed by atoms with Gasteiger partial charge in [-0.2, -0.15) is 4.98 Å².